The van der Waals surface area contributed by atoms with Gasteiger partial charge in [0.05, 0.1) is 21.8 Å². The van der Waals surface area contributed by atoms with Crippen molar-refractivity contribution in [3.8, 4) is 16.4 Å². The summed E-state index contributed by atoms with van der Waals surface area (Å²) >= 11 is 1.46. The zero-order valence-electron chi connectivity index (χ0n) is 15.0. The van der Waals surface area contributed by atoms with Crippen LogP contribution in [0.5, 0.6) is 0 Å². The minimum absolute atomic E-state index is 0.0133. The summed E-state index contributed by atoms with van der Waals surface area (Å²) in [6, 6.07) is 9.53. The van der Waals surface area contributed by atoms with E-state index in [4.69, 9.17) is 9.26 Å². The van der Waals surface area contributed by atoms with Crippen LogP contribution in [0.4, 0.5) is 4.39 Å². The molecule has 1 aromatic carbocycles. The molecule has 3 aromatic heterocycles. The van der Waals surface area contributed by atoms with E-state index in [1.807, 2.05) is 17.5 Å². The predicted octanol–water partition coefficient (Wildman–Crippen LogP) is 4.10. The lowest BCUT2D eigenvalue weighted by Gasteiger charge is -2.04. The molecule has 0 bridgehead atoms. The Bertz CT molecular complexity index is 1100. The molecule has 7 nitrogen and oxygen atoms in total. The minimum Gasteiger partial charge on any atom is -0.455 e. The smallest absolute Gasteiger partial charge is 0.378 e. The van der Waals surface area contributed by atoms with Crippen LogP contribution < -0.4 is 0 Å². The molecule has 4 rings (SSSR count). The highest BCUT2D eigenvalue weighted by molar-refractivity contribution is 7.13. The molecule has 0 radical (unpaired) electrons. The zero-order valence-corrected chi connectivity index (χ0v) is 15.9. The Kier molecular flexibility index (Phi) is 4.74. The van der Waals surface area contributed by atoms with Gasteiger partial charge >= 0.3 is 5.97 Å². The molecule has 0 aliphatic rings. The van der Waals surface area contributed by atoms with Crippen molar-refractivity contribution < 1.29 is 18.4 Å². The molecule has 9 heteroatoms. The number of rotatable bonds is 5. The summed E-state index contributed by atoms with van der Waals surface area (Å²) in [5.74, 6) is -0.0425. The molecular weight excluding hydrogens is 383 g/mol. The van der Waals surface area contributed by atoms with E-state index in [9.17, 15) is 9.18 Å². The van der Waals surface area contributed by atoms with Gasteiger partial charge in [0, 0.05) is 0 Å². The first-order chi connectivity index (χ1) is 13.5. The maximum Gasteiger partial charge on any atom is 0.378 e. The second-order valence-corrected chi connectivity index (χ2v) is 6.95. The van der Waals surface area contributed by atoms with Crippen molar-refractivity contribution in [2.75, 3.05) is 0 Å². The van der Waals surface area contributed by atoms with Crippen LogP contribution in [0.2, 0.25) is 0 Å². The summed E-state index contributed by atoms with van der Waals surface area (Å²) in [7, 11) is 0. The van der Waals surface area contributed by atoms with Crippen molar-refractivity contribution in [3.05, 3.63) is 70.4 Å². The quantitative estimate of drug-likeness (QED) is 0.471. The highest BCUT2D eigenvalue weighted by atomic mass is 32.1. The number of esters is 1. The molecule has 28 heavy (non-hydrogen) atoms. The van der Waals surface area contributed by atoms with Crippen LogP contribution in [0.25, 0.3) is 16.4 Å². The first-order valence-corrected chi connectivity index (χ1v) is 9.26. The van der Waals surface area contributed by atoms with E-state index < -0.39 is 5.97 Å². The van der Waals surface area contributed by atoms with Gasteiger partial charge in [0.1, 0.15) is 18.2 Å². The lowest BCUT2D eigenvalue weighted by atomic mass is 10.2. The van der Waals surface area contributed by atoms with Gasteiger partial charge in [-0.25, -0.2) is 13.9 Å². The van der Waals surface area contributed by atoms with E-state index in [2.05, 4.69) is 15.2 Å². The third-order valence-corrected chi connectivity index (χ3v) is 5.00. The molecule has 0 saturated heterocycles. The molecule has 0 aliphatic carbocycles. The highest BCUT2D eigenvalue weighted by Crippen LogP contribution is 2.26. The SMILES string of the molecule is Cc1noc(C)c1COC(=O)c1nc(-c2cccs2)n(-c2ccc(F)cc2)n1. The Hall–Kier alpha value is -3.33. The predicted molar refractivity (Wildman–Crippen MR) is 99.7 cm³/mol. The van der Waals surface area contributed by atoms with Crippen LogP contribution >= 0.6 is 11.3 Å². The van der Waals surface area contributed by atoms with Gasteiger partial charge in [-0.05, 0) is 49.6 Å². The van der Waals surface area contributed by atoms with Gasteiger partial charge in [0.2, 0.25) is 0 Å². The number of hydrogen-bond acceptors (Lipinski definition) is 7. The number of aryl methyl sites for hydroxylation is 2. The Labute approximate surface area is 163 Å². The Morgan fingerprint density at radius 1 is 1.25 bits per heavy atom. The van der Waals surface area contributed by atoms with Crippen LogP contribution in [0, 0.1) is 19.7 Å². The fourth-order valence-corrected chi connectivity index (χ4v) is 3.33. The number of benzene rings is 1. The first kappa shape index (κ1) is 18.1. The Morgan fingerprint density at radius 3 is 2.68 bits per heavy atom. The van der Waals surface area contributed by atoms with E-state index >= 15 is 0 Å². The molecule has 0 spiro atoms. The fraction of sp³-hybridized carbons (Fsp3) is 0.158. The van der Waals surface area contributed by atoms with Gasteiger partial charge in [0.15, 0.2) is 5.82 Å². The van der Waals surface area contributed by atoms with Gasteiger partial charge in [0.25, 0.3) is 5.82 Å². The molecule has 4 aromatic rings. The summed E-state index contributed by atoms with van der Waals surface area (Å²) in [4.78, 5) is 17.7. The van der Waals surface area contributed by atoms with Crippen molar-refractivity contribution in [3.63, 3.8) is 0 Å². The van der Waals surface area contributed by atoms with Gasteiger partial charge in [-0.3, -0.25) is 0 Å². The third-order valence-electron chi connectivity index (χ3n) is 4.13. The van der Waals surface area contributed by atoms with Crippen LogP contribution in [0.3, 0.4) is 0 Å². The standard InChI is InChI=1S/C19H15FN4O3S/c1-11-15(12(2)27-23-11)10-26-19(25)17-21-18(16-4-3-9-28-16)24(22-17)14-7-5-13(20)6-8-14/h3-9H,10H2,1-2H3. The van der Waals surface area contributed by atoms with Gasteiger partial charge < -0.3 is 9.26 Å². The van der Waals surface area contributed by atoms with Gasteiger partial charge in [-0.1, -0.05) is 11.2 Å². The number of thiophene rings is 1. The molecule has 0 atom stereocenters. The van der Waals surface area contributed by atoms with Crippen molar-refractivity contribution in [2.24, 2.45) is 0 Å². The van der Waals surface area contributed by atoms with E-state index in [0.717, 1.165) is 4.88 Å². The van der Waals surface area contributed by atoms with E-state index in [1.165, 1.54) is 28.2 Å². The lowest BCUT2D eigenvalue weighted by molar-refractivity contribution is 0.0456. The van der Waals surface area contributed by atoms with Crippen molar-refractivity contribution in [1.29, 1.82) is 0 Å². The number of aromatic nitrogens is 4. The Morgan fingerprint density at radius 2 is 2.04 bits per heavy atom. The van der Waals surface area contributed by atoms with E-state index in [0.29, 0.717) is 28.5 Å². The van der Waals surface area contributed by atoms with Crippen molar-refractivity contribution >= 4 is 17.3 Å². The zero-order chi connectivity index (χ0) is 19.7. The molecular formula is C19H15FN4O3S. The largest absolute Gasteiger partial charge is 0.455 e. The number of hydrogen-bond donors (Lipinski definition) is 0. The minimum atomic E-state index is -0.668. The normalized spacial score (nSPS) is 11.0. The lowest BCUT2D eigenvalue weighted by Crippen LogP contribution is -2.09. The van der Waals surface area contributed by atoms with Crippen LogP contribution in [-0.2, 0) is 11.3 Å². The van der Waals surface area contributed by atoms with Gasteiger partial charge in [-0.15, -0.1) is 16.4 Å². The third kappa shape index (κ3) is 3.44. The molecule has 0 fully saturated rings. The van der Waals surface area contributed by atoms with Crippen molar-refractivity contribution in [2.45, 2.75) is 20.5 Å². The second-order valence-electron chi connectivity index (χ2n) is 6.00. The molecule has 3 heterocycles. The van der Waals surface area contributed by atoms with Crippen LogP contribution in [0.1, 0.15) is 27.6 Å². The number of carbonyl (C=O) groups excluding carboxylic acids is 1. The maximum absolute atomic E-state index is 13.3. The summed E-state index contributed by atoms with van der Waals surface area (Å²) < 4.78 is 25.2. The molecule has 0 aliphatic heterocycles. The molecule has 0 amide bonds. The summed E-state index contributed by atoms with van der Waals surface area (Å²) in [5.41, 5.74) is 1.96. The maximum atomic E-state index is 13.3. The van der Waals surface area contributed by atoms with Crippen molar-refractivity contribution in [1.82, 2.24) is 19.9 Å². The molecule has 0 N–H and O–H groups in total. The molecule has 0 saturated carbocycles. The number of nitrogens with zero attached hydrogens (tertiary/aromatic N) is 4. The second kappa shape index (κ2) is 7.35. The van der Waals surface area contributed by atoms with E-state index in [1.54, 1.807) is 26.0 Å². The Balaban J connectivity index is 1.65. The average molecular weight is 398 g/mol. The first-order valence-electron chi connectivity index (χ1n) is 8.38. The number of halogens is 1. The topological polar surface area (TPSA) is 83.0 Å². The monoisotopic (exact) mass is 398 g/mol. The van der Waals surface area contributed by atoms with Gasteiger partial charge in [-0.2, -0.15) is 4.98 Å². The fourth-order valence-electron chi connectivity index (χ4n) is 2.64. The average Bonchev–Trinajstić information content (AvgIpc) is 3.41. The summed E-state index contributed by atoms with van der Waals surface area (Å²) in [6.07, 6.45) is 0. The summed E-state index contributed by atoms with van der Waals surface area (Å²) in [6.45, 7) is 3.54. The van der Waals surface area contributed by atoms with E-state index in [-0.39, 0.29) is 18.2 Å². The van der Waals surface area contributed by atoms with Crippen LogP contribution in [0.15, 0.2) is 46.3 Å². The highest BCUT2D eigenvalue weighted by Gasteiger charge is 2.21. The van der Waals surface area contributed by atoms with Crippen LogP contribution in [-0.4, -0.2) is 25.9 Å². The summed E-state index contributed by atoms with van der Waals surface area (Å²) in [5, 5.41) is 10.0. The molecule has 142 valence electrons. The number of ether oxygens (including phenoxy) is 1. The number of carbonyl (C=O) groups is 1. The molecule has 0 unspecified atom stereocenters.